The Balaban J connectivity index is 1.41. The van der Waals surface area contributed by atoms with Gasteiger partial charge in [-0.3, -0.25) is 14.4 Å². The molecule has 4 heterocycles. The number of anilines is 1. The minimum atomic E-state index is 0.114. The maximum Gasteiger partial charge on any atom is 0.186 e. The van der Waals surface area contributed by atoms with Crippen LogP contribution in [0.3, 0.4) is 0 Å². The van der Waals surface area contributed by atoms with Gasteiger partial charge in [0.1, 0.15) is 5.69 Å². The van der Waals surface area contributed by atoms with Crippen molar-refractivity contribution in [3.8, 4) is 11.4 Å². The third-order valence-electron chi connectivity index (χ3n) is 6.12. The summed E-state index contributed by atoms with van der Waals surface area (Å²) in [6.07, 6.45) is 2.73. The van der Waals surface area contributed by atoms with E-state index in [2.05, 4.69) is 56.8 Å². The smallest absolute Gasteiger partial charge is 0.186 e. The van der Waals surface area contributed by atoms with Crippen LogP contribution in [-0.2, 0) is 19.5 Å². The summed E-state index contributed by atoms with van der Waals surface area (Å²) in [5.74, 6) is 0.705. The zero-order valence-corrected chi connectivity index (χ0v) is 20.6. The van der Waals surface area contributed by atoms with Crippen LogP contribution >= 0.6 is 11.3 Å². The van der Waals surface area contributed by atoms with Crippen LogP contribution in [0.5, 0.6) is 0 Å². The Morgan fingerprint density at radius 1 is 1.25 bits per heavy atom. The number of thiazole rings is 1. The molecule has 0 saturated carbocycles. The van der Waals surface area contributed by atoms with Crippen molar-refractivity contribution in [3.63, 3.8) is 0 Å². The number of aromatic nitrogens is 4. The molecule has 0 spiro atoms. The summed E-state index contributed by atoms with van der Waals surface area (Å²) >= 11 is 1.69. The first-order chi connectivity index (χ1) is 15.4. The average Bonchev–Trinajstić information content (AvgIpc) is 3.47. The third kappa shape index (κ3) is 4.66. The predicted octanol–water partition coefficient (Wildman–Crippen LogP) is 4.39. The van der Waals surface area contributed by atoms with Gasteiger partial charge in [-0.15, -0.1) is 11.3 Å². The molecular weight excluding hydrogens is 420 g/mol. The molecule has 1 aliphatic heterocycles. The molecular formula is C24H34N6OS. The molecule has 4 rings (SSSR count). The van der Waals surface area contributed by atoms with Gasteiger partial charge in [0.2, 0.25) is 0 Å². The first-order valence-electron chi connectivity index (χ1n) is 11.5. The lowest BCUT2D eigenvalue weighted by Gasteiger charge is -2.34. The second kappa shape index (κ2) is 9.58. The van der Waals surface area contributed by atoms with Crippen LogP contribution in [0.15, 0.2) is 17.6 Å². The summed E-state index contributed by atoms with van der Waals surface area (Å²) in [5, 5.41) is 7.67. The van der Waals surface area contributed by atoms with E-state index in [1.54, 1.807) is 18.3 Å². The van der Waals surface area contributed by atoms with Crippen LogP contribution in [0.2, 0.25) is 0 Å². The van der Waals surface area contributed by atoms with Gasteiger partial charge in [-0.25, -0.2) is 4.98 Å². The van der Waals surface area contributed by atoms with Crippen molar-refractivity contribution >= 4 is 22.3 Å². The van der Waals surface area contributed by atoms with Crippen molar-refractivity contribution < 1.29 is 4.79 Å². The Hall–Kier alpha value is -2.45. The van der Waals surface area contributed by atoms with E-state index < -0.39 is 0 Å². The van der Waals surface area contributed by atoms with Gasteiger partial charge in [-0.05, 0) is 37.8 Å². The average molecular weight is 455 g/mol. The van der Waals surface area contributed by atoms with Crippen LogP contribution in [0.4, 0.5) is 5.13 Å². The third-order valence-corrected chi connectivity index (χ3v) is 7.02. The topological polar surface area (TPSA) is 70.0 Å². The standard InChI is InChI=1S/C24H34N6OS/c1-6-20-22(18(5)31)17(4)26-23(20)21-15-32-24(27-21)29-11-9-28(10-12-29)14-19-7-8-25-30(19)13-16(2)3/h7-8,15-16,26H,6,9-14H2,1-5H3. The second-order valence-corrected chi connectivity index (χ2v) is 9.90. The molecule has 1 fully saturated rings. The molecule has 1 saturated heterocycles. The maximum atomic E-state index is 12.1. The molecule has 0 bridgehead atoms. The summed E-state index contributed by atoms with van der Waals surface area (Å²) in [6.45, 7) is 16.0. The number of nitrogens with one attached hydrogen (secondary N) is 1. The Kier molecular flexibility index (Phi) is 6.81. The zero-order valence-electron chi connectivity index (χ0n) is 19.8. The van der Waals surface area contributed by atoms with Crippen molar-refractivity contribution in [2.24, 2.45) is 5.92 Å². The van der Waals surface area contributed by atoms with Gasteiger partial charge in [-0.2, -0.15) is 5.10 Å². The fourth-order valence-electron chi connectivity index (χ4n) is 4.58. The quantitative estimate of drug-likeness (QED) is 0.511. The second-order valence-electron chi connectivity index (χ2n) is 9.07. The fourth-order valence-corrected chi connectivity index (χ4v) is 5.45. The highest BCUT2D eigenvalue weighted by Gasteiger charge is 2.23. The molecule has 8 heteroatoms. The number of aromatic amines is 1. The van der Waals surface area contributed by atoms with E-state index in [-0.39, 0.29) is 5.78 Å². The van der Waals surface area contributed by atoms with Crippen molar-refractivity contribution in [2.75, 3.05) is 31.1 Å². The number of ketones is 1. The number of aryl methyl sites for hydroxylation is 1. The number of piperazine rings is 1. The highest BCUT2D eigenvalue weighted by atomic mass is 32.1. The Morgan fingerprint density at radius 2 is 2.00 bits per heavy atom. The number of nitrogens with zero attached hydrogens (tertiary/aromatic N) is 5. The number of carbonyl (C=O) groups is 1. The summed E-state index contributed by atoms with van der Waals surface area (Å²) in [4.78, 5) is 25.3. The van der Waals surface area contributed by atoms with Gasteiger partial charge in [0.05, 0.1) is 11.4 Å². The minimum Gasteiger partial charge on any atom is -0.356 e. The molecule has 172 valence electrons. The highest BCUT2D eigenvalue weighted by Crippen LogP contribution is 2.33. The van der Waals surface area contributed by atoms with Gasteiger partial charge in [0.15, 0.2) is 10.9 Å². The largest absolute Gasteiger partial charge is 0.356 e. The van der Waals surface area contributed by atoms with Crippen LogP contribution in [0.1, 0.15) is 55.0 Å². The first-order valence-corrected chi connectivity index (χ1v) is 12.4. The van der Waals surface area contributed by atoms with Crippen molar-refractivity contribution in [2.45, 2.75) is 54.1 Å². The molecule has 0 unspecified atom stereocenters. The summed E-state index contributed by atoms with van der Waals surface area (Å²) in [5.41, 5.74) is 6.06. The molecule has 1 N–H and O–H groups in total. The molecule has 32 heavy (non-hydrogen) atoms. The molecule has 0 amide bonds. The number of H-pyrrole nitrogens is 1. The highest BCUT2D eigenvalue weighted by molar-refractivity contribution is 7.14. The van der Waals surface area contributed by atoms with Crippen LogP contribution in [0, 0.1) is 12.8 Å². The van der Waals surface area contributed by atoms with E-state index in [9.17, 15) is 4.79 Å². The van der Waals surface area contributed by atoms with E-state index in [1.807, 2.05) is 13.1 Å². The van der Waals surface area contributed by atoms with Crippen LogP contribution < -0.4 is 4.90 Å². The molecule has 3 aromatic heterocycles. The maximum absolute atomic E-state index is 12.1. The molecule has 0 aromatic carbocycles. The number of rotatable bonds is 8. The lowest BCUT2D eigenvalue weighted by molar-refractivity contribution is 0.101. The van der Waals surface area contributed by atoms with Gasteiger partial charge in [0.25, 0.3) is 0 Å². The Labute approximate surface area is 194 Å². The number of carbonyl (C=O) groups excluding carboxylic acids is 1. The number of hydrogen-bond donors (Lipinski definition) is 1. The van der Waals surface area contributed by atoms with E-state index in [0.29, 0.717) is 5.92 Å². The normalized spacial score (nSPS) is 15.1. The van der Waals surface area contributed by atoms with Gasteiger partial charge in [-0.1, -0.05) is 20.8 Å². The molecule has 0 radical (unpaired) electrons. The Morgan fingerprint density at radius 3 is 2.66 bits per heavy atom. The lowest BCUT2D eigenvalue weighted by atomic mass is 10.0. The molecule has 7 nitrogen and oxygen atoms in total. The van der Waals surface area contributed by atoms with Crippen LogP contribution in [0.25, 0.3) is 11.4 Å². The zero-order chi connectivity index (χ0) is 22.8. The van der Waals surface area contributed by atoms with Crippen molar-refractivity contribution in [1.82, 2.24) is 24.6 Å². The van der Waals surface area contributed by atoms with E-state index in [1.165, 1.54) is 5.69 Å². The number of Topliss-reactive ketones (excluding diaryl/α,β-unsaturated/α-hetero) is 1. The minimum absolute atomic E-state index is 0.114. The van der Waals surface area contributed by atoms with Crippen molar-refractivity contribution in [1.29, 1.82) is 0 Å². The molecule has 0 atom stereocenters. The van der Waals surface area contributed by atoms with Gasteiger partial charge >= 0.3 is 0 Å². The first kappa shape index (κ1) is 22.7. The molecule has 0 aliphatic carbocycles. The summed E-state index contributed by atoms with van der Waals surface area (Å²) in [6, 6.07) is 2.14. The molecule has 1 aliphatic rings. The monoisotopic (exact) mass is 454 g/mol. The van der Waals surface area contributed by atoms with E-state index in [0.717, 1.165) is 79.0 Å². The summed E-state index contributed by atoms with van der Waals surface area (Å²) in [7, 11) is 0. The molecule has 3 aromatic rings. The van der Waals surface area contributed by atoms with Crippen molar-refractivity contribution in [3.05, 3.63) is 40.2 Å². The number of hydrogen-bond acceptors (Lipinski definition) is 6. The Bertz CT molecular complexity index is 1070. The van der Waals surface area contributed by atoms with E-state index in [4.69, 9.17) is 4.98 Å². The van der Waals surface area contributed by atoms with Gasteiger partial charge in [0, 0.05) is 62.1 Å². The lowest BCUT2D eigenvalue weighted by Crippen LogP contribution is -2.46. The van der Waals surface area contributed by atoms with E-state index >= 15 is 0 Å². The fraction of sp³-hybridized carbons (Fsp3) is 0.542. The SMILES string of the molecule is CCc1c(-c2csc(N3CCN(Cc4ccnn4CC(C)C)CC3)n2)[nH]c(C)c1C(C)=O. The van der Waals surface area contributed by atoms with Crippen LogP contribution in [-0.4, -0.2) is 56.6 Å². The predicted molar refractivity (Wildman–Crippen MR) is 131 cm³/mol. The van der Waals surface area contributed by atoms with Gasteiger partial charge < -0.3 is 9.88 Å². The summed E-state index contributed by atoms with van der Waals surface area (Å²) < 4.78 is 2.14.